The smallest absolute Gasteiger partial charge is 0.223 e. The molecule has 2 heterocycles. The van der Waals surface area contributed by atoms with Gasteiger partial charge in [-0.3, -0.25) is 9.89 Å². The fourth-order valence-electron chi connectivity index (χ4n) is 3.03. The number of hydrogen-bond acceptors (Lipinski definition) is 3. The molecular weight excluding hydrogens is 324 g/mol. The van der Waals surface area contributed by atoms with Crippen molar-refractivity contribution >= 4 is 17.5 Å². The normalized spacial score (nSPS) is 14.8. The molecule has 0 aliphatic carbocycles. The molecule has 2 N–H and O–H groups in total. The molecule has 3 rings (SSSR count). The fraction of sp³-hybridized carbons (Fsp3) is 0.444. The molecule has 1 aliphatic rings. The number of rotatable bonds is 6. The minimum atomic E-state index is 0.257. The molecule has 0 atom stereocenters. The zero-order valence-corrected chi connectivity index (χ0v) is 14.5. The Balaban J connectivity index is 1.48. The van der Waals surface area contributed by atoms with Crippen LogP contribution < -0.4 is 5.32 Å². The molecule has 2 aromatic rings. The number of benzene rings is 1. The van der Waals surface area contributed by atoms with Crippen LogP contribution in [0.1, 0.15) is 31.2 Å². The van der Waals surface area contributed by atoms with Crippen molar-refractivity contribution in [1.29, 1.82) is 0 Å². The Morgan fingerprint density at radius 1 is 1.21 bits per heavy atom. The van der Waals surface area contributed by atoms with Crippen LogP contribution in [0.15, 0.2) is 30.5 Å². The molecule has 1 saturated heterocycles. The van der Waals surface area contributed by atoms with E-state index < -0.39 is 0 Å². The topological polar surface area (TPSA) is 61.0 Å². The van der Waals surface area contributed by atoms with Gasteiger partial charge in [0, 0.05) is 43.2 Å². The second-order valence-electron chi connectivity index (χ2n) is 6.15. The number of carbonyl (C=O) groups excluding carboxylic acids is 1. The van der Waals surface area contributed by atoms with Crippen molar-refractivity contribution in [3.8, 4) is 11.3 Å². The Labute approximate surface area is 147 Å². The first-order valence-electron chi connectivity index (χ1n) is 8.51. The van der Waals surface area contributed by atoms with Crippen molar-refractivity contribution in [2.75, 3.05) is 19.6 Å². The summed E-state index contributed by atoms with van der Waals surface area (Å²) in [6, 6.07) is 7.68. The minimum absolute atomic E-state index is 0.257. The van der Waals surface area contributed by atoms with Gasteiger partial charge in [-0.05, 0) is 37.0 Å². The average Bonchev–Trinajstić information content (AvgIpc) is 3.08. The molecule has 24 heavy (non-hydrogen) atoms. The molecule has 1 aliphatic heterocycles. The van der Waals surface area contributed by atoms with Gasteiger partial charge in [-0.15, -0.1) is 0 Å². The van der Waals surface area contributed by atoms with Crippen LogP contribution in [0.4, 0.5) is 0 Å². The van der Waals surface area contributed by atoms with Crippen LogP contribution in [0.5, 0.6) is 0 Å². The highest BCUT2D eigenvalue weighted by atomic mass is 35.5. The molecule has 1 aromatic carbocycles. The summed E-state index contributed by atoms with van der Waals surface area (Å²) in [5, 5.41) is 11.2. The number of likely N-dealkylation sites (tertiary alicyclic amines) is 1. The predicted octanol–water partition coefficient (Wildman–Crippen LogP) is 3.22. The highest BCUT2D eigenvalue weighted by Gasteiger charge is 2.15. The summed E-state index contributed by atoms with van der Waals surface area (Å²) in [4.78, 5) is 14.1. The average molecular weight is 347 g/mol. The van der Waals surface area contributed by atoms with E-state index in [2.05, 4.69) is 15.5 Å². The summed E-state index contributed by atoms with van der Waals surface area (Å²) >= 11 is 5.93. The van der Waals surface area contributed by atoms with E-state index >= 15 is 0 Å². The fourth-order valence-corrected chi connectivity index (χ4v) is 3.16. The van der Waals surface area contributed by atoms with Crippen LogP contribution in [-0.2, 0) is 11.3 Å². The summed E-state index contributed by atoms with van der Waals surface area (Å²) < 4.78 is 0. The van der Waals surface area contributed by atoms with Crippen LogP contribution in [0.3, 0.4) is 0 Å². The lowest BCUT2D eigenvalue weighted by molar-refractivity contribution is -0.131. The van der Waals surface area contributed by atoms with Gasteiger partial charge in [-0.25, -0.2) is 0 Å². The highest BCUT2D eigenvalue weighted by Crippen LogP contribution is 2.22. The summed E-state index contributed by atoms with van der Waals surface area (Å²) in [5.74, 6) is 0.257. The number of nitrogens with zero attached hydrogens (tertiary/aromatic N) is 2. The van der Waals surface area contributed by atoms with Crippen LogP contribution in [0.2, 0.25) is 5.02 Å². The standard InChI is InChI=1S/C18H23ClN4O/c19-16-6-4-14(5-7-16)18-15(13-21-22-18)12-20-9-8-17(24)23-10-2-1-3-11-23/h4-7,13,20H,1-3,8-12H2,(H,21,22). The monoisotopic (exact) mass is 346 g/mol. The van der Waals surface area contributed by atoms with E-state index in [1.807, 2.05) is 35.4 Å². The summed E-state index contributed by atoms with van der Waals surface area (Å²) in [6.07, 6.45) is 5.89. The first-order chi connectivity index (χ1) is 11.7. The lowest BCUT2D eigenvalue weighted by atomic mass is 10.1. The predicted molar refractivity (Wildman–Crippen MR) is 95.8 cm³/mol. The Morgan fingerprint density at radius 3 is 2.71 bits per heavy atom. The van der Waals surface area contributed by atoms with Crippen molar-refractivity contribution < 1.29 is 4.79 Å². The Morgan fingerprint density at radius 2 is 1.96 bits per heavy atom. The van der Waals surface area contributed by atoms with Gasteiger partial charge in [0.25, 0.3) is 0 Å². The lowest BCUT2D eigenvalue weighted by Gasteiger charge is -2.26. The van der Waals surface area contributed by atoms with E-state index in [4.69, 9.17) is 11.6 Å². The quantitative estimate of drug-likeness (QED) is 0.789. The van der Waals surface area contributed by atoms with E-state index in [0.29, 0.717) is 24.5 Å². The Hall–Kier alpha value is -1.85. The van der Waals surface area contributed by atoms with Crippen LogP contribution in [0, 0.1) is 0 Å². The number of hydrogen-bond donors (Lipinski definition) is 2. The summed E-state index contributed by atoms with van der Waals surface area (Å²) in [5.41, 5.74) is 3.13. The van der Waals surface area contributed by atoms with Crippen LogP contribution >= 0.6 is 11.6 Å². The number of carbonyl (C=O) groups is 1. The summed E-state index contributed by atoms with van der Waals surface area (Å²) in [6.45, 7) is 3.20. The van der Waals surface area contributed by atoms with Crippen molar-refractivity contribution in [3.63, 3.8) is 0 Å². The molecule has 1 amide bonds. The molecule has 0 spiro atoms. The number of aromatic nitrogens is 2. The van der Waals surface area contributed by atoms with Gasteiger partial charge < -0.3 is 10.2 Å². The zero-order valence-electron chi connectivity index (χ0n) is 13.7. The third-order valence-electron chi connectivity index (χ3n) is 4.39. The minimum Gasteiger partial charge on any atom is -0.343 e. The second kappa shape index (κ2) is 8.31. The van der Waals surface area contributed by atoms with Crippen molar-refractivity contribution in [2.24, 2.45) is 0 Å². The van der Waals surface area contributed by atoms with Crippen LogP contribution in [-0.4, -0.2) is 40.6 Å². The van der Waals surface area contributed by atoms with Gasteiger partial charge >= 0.3 is 0 Å². The summed E-state index contributed by atoms with van der Waals surface area (Å²) in [7, 11) is 0. The van der Waals surface area contributed by atoms with Gasteiger partial charge in [0.05, 0.1) is 11.9 Å². The van der Waals surface area contributed by atoms with Crippen LogP contribution in [0.25, 0.3) is 11.3 Å². The Kier molecular flexibility index (Phi) is 5.88. The van der Waals surface area contributed by atoms with E-state index in [0.717, 1.165) is 42.8 Å². The Bertz CT molecular complexity index is 662. The number of amides is 1. The third-order valence-corrected chi connectivity index (χ3v) is 4.64. The number of H-pyrrole nitrogens is 1. The molecular formula is C18H23ClN4O. The molecule has 5 nitrogen and oxygen atoms in total. The molecule has 0 saturated carbocycles. The van der Waals surface area contributed by atoms with E-state index in [1.165, 1.54) is 6.42 Å². The zero-order chi connectivity index (χ0) is 16.8. The van der Waals surface area contributed by atoms with Gasteiger partial charge in [0.1, 0.15) is 0 Å². The first kappa shape index (κ1) is 17.0. The second-order valence-corrected chi connectivity index (χ2v) is 6.58. The van der Waals surface area contributed by atoms with Gasteiger partial charge in [0.15, 0.2) is 0 Å². The molecule has 1 aromatic heterocycles. The van der Waals surface area contributed by atoms with Gasteiger partial charge in [-0.2, -0.15) is 5.10 Å². The molecule has 0 bridgehead atoms. The third kappa shape index (κ3) is 4.36. The molecule has 6 heteroatoms. The highest BCUT2D eigenvalue weighted by molar-refractivity contribution is 6.30. The van der Waals surface area contributed by atoms with Crippen molar-refractivity contribution in [3.05, 3.63) is 41.0 Å². The maximum absolute atomic E-state index is 12.1. The van der Waals surface area contributed by atoms with Crippen molar-refractivity contribution in [2.45, 2.75) is 32.2 Å². The van der Waals surface area contributed by atoms with E-state index in [9.17, 15) is 4.79 Å². The number of aromatic amines is 1. The number of nitrogens with one attached hydrogen (secondary N) is 2. The van der Waals surface area contributed by atoms with E-state index in [-0.39, 0.29) is 5.91 Å². The van der Waals surface area contributed by atoms with E-state index in [1.54, 1.807) is 0 Å². The maximum atomic E-state index is 12.1. The van der Waals surface area contributed by atoms with Gasteiger partial charge in [-0.1, -0.05) is 23.7 Å². The SMILES string of the molecule is O=C(CCNCc1cn[nH]c1-c1ccc(Cl)cc1)N1CCCCC1. The molecule has 1 fully saturated rings. The molecule has 0 unspecified atom stereocenters. The maximum Gasteiger partial charge on any atom is 0.223 e. The molecule has 128 valence electrons. The largest absolute Gasteiger partial charge is 0.343 e. The number of halogens is 1. The number of piperidine rings is 1. The van der Waals surface area contributed by atoms with Crippen molar-refractivity contribution in [1.82, 2.24) is 20.4 Å². The first-order valence-corrected chi connectivity index (χ1v) is 8.88. The molecule has 0 radical (unpaired) electrons. The lowest BCUT2D eigenvalue weighted by Crippen LogP contribution is -2.37. The van der Waals surface area contributed by atoms with Gasteiger partial charge in [0.2, 0.25) is 5.91 Å².